The van der Waals surface area contributed by atoms with Crippen molar-refractivity contribution in [1.82, 2.24) is 19.9 Å². The van der Waals surface area contributed by atoms with Crippen molar-refractivity contribution >= 4 is 49.0 Å². The van der Waals surface area contributed by atoms with Crippen LogP contribution in [0.3, 0.4) is 0 Å². The van der Waals surface area contributed by atoms with Gasteiger partial charge in [-0.3, -0.25) is 4.90 Å². The van der Waals surface area contributed by atoms with Crippen molar-refractivity contribution < 1.29 is 31.4 Å². The summed E-state index contributed by atoms with van der Waals surface area (Å²) in [5.74, 6) is -3.09. The standard InChI is InChI=1S/C36H30F5N9O2S/c1-17(19-4-2-8-46-31(19)44)50-10-11-51-29-25-28(47-34(48-33(25)50)52-16-35-7-3-9-49(35)15-18(12-35)13-42)27(38)24(26(29)36(39,40)41)20-5-6-22(37)30-23(20)21(14-43)32(45)53-30/h2,4-6,8,17-18H,3,7,9-12,15-16,45H2,1H3,(H2,44,46)/t17-,18-,35+/m1/s1. The lowest BCUT2D eigenvalue weighted by atomic mass is 9.91. The van der Waals surface area contributed by atoms with Crippen LogP contribution in [0.25, 0.3) is 32.1 Å². The van der Waals surface area contributed by atoms with Gasteiger partial charge in [0.2, 0.25) is 0 Å². The molecule has 4 N–H and O–H groups in total. The van der Waals surface area contributed by atoms with Crippen LogP contribution in [-0.2, 0) is 6.18 Å². The van der Waals surface area contributed by atoms with Crippen LogP contribution in [0.1, 0.15) is 48.9 Å². The third-order valence-corrected chi connectivity index (χ3v) is 11.6. The molecule has 2 fully saturated rings. The van der Waals surface area contributed by atoms with Gasteiger partial charge in [0.1, 0.15) is 58.6 Å². The Kier molecular flexibility index (Phi) is 8.19. The number of fused-ring (bicyclic) bond motifs is 2. The molecule has 0 amide bonds. The van der Waals surface area contributed by atoms with Crippen molar-refractivity contribution in [2.45, 2.75) is 43.9 Å². The normalized spacial score (nSPS) is 20.5. The van der Waals surface area contributed by atoms with E-state index >= 15 is 22.0 Å². The van der Waals surface area contributed by atoms with E-state index in [9.17, 15) is 10.5 Å². The fraction of sp³-hybridized carbons (Fsp3) is 0.361. The first-order valence-corrected chi connectivity index (χ1v) is 17.6. The summed E-state index contributed by atoms with van der Waals surface area (Å²) < 4.78 is 90.8. The van der Waals surface area contributed by atoms with Crippen LogP contribution in [0.5, 0.6) is 11.8 Å². The number of aromatic nitrogens is 3. The zero-order chi connectivity index (χ0) is 37.4. The Balaban J connectivity index is 1.41. The van der Waals surface area contributed by atoms with Gasteiger partial charge in [0.15, 0.2) is 5.82 Å². The van der Waals surface area contributed by atoms with E-state index < -0.39 is 57.3 Å². The van der Waals surface area contributed by atoms with Gasteiger partial charge in [-0.25, -0.2) is 13.8 Å². The van der Waals surface area contributed by atoms with Gasteiger partial charge in [0.05, 0.1) is 45.8 Å². The maximum atomic E-state index is 17.4. The number of halogens is 5. The molecule has 6 heterocycles. The number of nitrogen functional groups attached to an aromatic ring is 2. The highest BCUT2D eigenvalue weighted by molar-refractivity contribution is 7.23. The summed E-state index contributed by atoms with van der Waals surface area (Å²) in [5, 5.41) is 18.8. The lowest BCUT2D eigenvalue weighted by Crippen LogP contribution is -2.43. The molecule has 5 aromatic rings. The zero-order valence-corrected chi connectivity index (χ0v) is 28.9. The van der Waals surface area contributed by atoms with Gasteiger partial charge in [-0.15, -0.1) is 11.3 Å². The molecule has 0 unspecified atom stereocenters. The molecular weight excluding hydrogens is 718 g/mol. The number of alkyl halides is 3. The SMILES string of the molecule is C[C@H](c1cccnc1N)N1CCOc2c(C(F)(F)F)c(-c3ccc(F)c4sc(N)c(C#N)c34)c(F)c3nc(OC[C@@]45CCCN4C[C@@H](C#N)C5)nc1c23. The topological polar surface area (TPSA) is 163 Å². The van der Waals surface area contributed by atoms with E-state index in [0.717, 1.165) is 31.5 Å². The minimum atomic E-state index is -5.22. The van der Waals surface area contributed by atoms with Crippen LogP contribution in [0.4, 0.5) is 38.6 Å². The van der Waals surface area contributed by atoms with E-state index in [1.807, 2.05) is 6.07 Å². The second kappa shape index (κ2) is 12.6. The quantitative estimate of drug-likeness (QED) is 0.173. The van der Waals surface area contributed by atoms with Crippen LogP contribution in [0.2, 0.25) is 0 Å². The number of rotatable bonds is 6. The van der Waals surface area contributed by atoms with Crippen molar-refractivity contribution in [3.63, 3.8) is 0 Å². The zero-order valence-electron chi connectivity index (χ0n) is 28.1. The van der Waals surface area contributed by atoms with Gasteiger partial charge in [0, 0.05) is 29.3 Å². The summed E-state index contributed by atoms with van der Waals surface area (Å²) in [6, 6.07) is 8.52. The van der Waals surface area contributed by atoms with E-state index in [1.54, 1.807) is 24.0 Å². The smallest absolute Gasteiger partial charge is 0.420 e. The largest absolute Gasteiger partial charge is 0.490 e. The third kappa shape index (κ3) is 5.40. The maximum Gasteiger partial charge on any atom is 0.420 e. The Labute approximate surface area is 303 Å². The van der Waals surface area contributed by atoms with Crippen LogP contribution in [0.15, 0.2) is 30.5 Å². The molecule has 53 heavy (non-hydrogen) atoms. The van der Waals surface area contributed by atoms with Crippen molar-refractivity contribution in [3.8, 4) is 35.0 Å². The summed E-state index contributed by atoms with van der Waals surface area (Å²) in [6.07, 6.45) is -1.55. The lowest BCUT2D eigenvalue weighted by molar-refractivity contribution is -0.138. The molecule has 3 aliphatic rings. The third-order valence-electron chi connectivity index (χ3n) is 10.6. The summed E-state index contributed by atoms with van der Waals surface area (Å²) in [4.78, 5) is 17.1. The lowest BCUT2D eigenvalue weighted by Gasteiger charge is -2.32. The van der Waals surface area contributed by atoms with Crippen molar-refractivity contribution in [1.29, 1.82) is 10.5 Å². The molecule has 11 nitrogen and oxygen atoms in total. The van der Waals surface area contributed by atoms with Gasteiger partial charge < -0.3 is 25.8 Å². The Morgan fingerprint density at radius 2 is 1.96 bits per heavy atom. The average Bonchev–Trinajstić information content (AvgIpc) is 3.75. The molecule has 0 bridgehead atoms. The monoisotopic (exact) mass is 747 g/mol. The molecule has 0 radical (unpaired) electrons. The number of pyridine rings is 1. The molecule has 3 atom stereocenters. The number of thiophene rings is 1. The highest BCUT2D eigenvalue weighted by Gasteiger charge is 2.50. The van der Waals surface area contributed by atoms with Crippen LogP contribution < -0.4 is 25.8 Å². The van der Waals surface area contributed by atoms with E-state index in [2.05, 4.69) is 25.9 Å². The second-order valence-corrected chi connectivity index (χ2v) is 14.5. The molecule has 0 spiro atoms. The predicted octanol–water partition coefficient (Wildman–Crippen LogP) is 6.96. The molecular formula is C36H30F5N9O2S. The van der Waals surface area contributed by atoms with Crippen LogP contribution in [0, 0.1) is 40.2 Å². The number of hydrogen-bond donors (Lipinski definition) is 2. The number of hydrogen-bond acceptors (Lipinski definition) is 12. The van der Waals surface area contributed by atoms with Crippen LogP contribution >= 0.6 is 11.3 Å². The predicted molar refractivity (Wildman–Crippen MR) is 187 cm³/mol. The van der Waals surface area contributed by atoms with Gasteiger partial charge >= 0.3 is 12.2 Å². The molecule has 3 aromatic heterocycles. The number of nitriles is 2. The Hall–Kier alpha value is -5.52. The number of ether oxygens (including phenoxy) is 2. The van der Waals surface area contributed by atoms with E-state index in [4.69, 9.17) is 20.9 Å². The molecule has 272 valence electrons. The van der Waals surface area contributed by atoms with Crippen LogP contribution in [-0.4, -0.2) is 58.2 Å². The first kappa shape index (κ1) is 34.6. The number of nitrogens with two attached hydrogens (primary N) is 2. The summed E-state index contributed by atoms with van der Waals surface area (Å²) in [5.41, 5.74) is 8.59. The molecule has 0 aliphatic carbocycles. The van der Waals surface area contributed by atoms with E-state index in [0.29, 0.717) is 29.9 Å². The number of benzene rings is 2. The van der Waals surface area contributed by atoms with E-state index in [1.165, 1.54) is 6.20 Å². The summed E-state index contributed by atoms with van der Waals surface area (Å²) in [6.45, 7) is 2.86. The summed E-state index contributed by atoms with van der Waals surface area (Å²) >= 11 is 0.674. The Bertz CT molecular complexity index is 2410. The van der Waals surface area contributed by atoms with E-state index in [-0.39, 0.29) is 69.4 Å². The Morgan fingerprint density at radius 1 is 1.15 bits per heavy atom. The average molecular weight is 748 g/mol. The number of anilines is 3. The molecule has 8 rings (SSSR count). The van der Waals surface area contributed by atoms with Gasteiger partial charge in [-0.05, 0) is 50.4 Å². The molecule has 3 aliphatic heterocycles. The fourth-order valence-corrected chi connectivity index (χ4v) is 9.15. The molecule has 0 saturated carbocycles. The second-order valence-electron chi connectivity index (χ2n) is 13.5. The highest BCUT2D eigenvalue weighted by atomic mass is 32.1. The highest BCUT2D eigenvalue weighted by Crippen LogP contribution is 2.54. The van der Waals surface area contributed by atoms with Gasteiger partial charge in [-0.2, -0.15) is 33.7 Å². The first-order valence-electron chi connectivity index (χ1n) is 16.8. The number of nitrogens with zero attached hydrogens (tertiary/aromatic N) is 7. The van der Waals surface area contributed by atoms with Crippen molar-refractivity contribution in [2.24, 2.45) is 5.92 Å². The first-order chi connectivity index (χ1) is 25.4. The molecule has 17 heteroatoms. The fourth-order valence-electron chi connectivity index (χ4n) is 8.20. The Morgan fingerprint density at radius 3 is 2.70 bits per heavy atom. The van der Waals surface area contributed by atoms with Crippen molar-refractivity contribution in [2.75, 3.05) is 49.2 Å². The minimum Gasteiger partial charge on any atom is -0.490 e. The summed E-state index contributed by atoms with van der Waals surface area (Å²) in [7, 11) is 0. The molecule has 2 saturated heterocycles. The maximum absolute atomic E-state index is 17.4. The minimum absolute atomic E-state index is 0.00795. The van der Waals surface area contributed by atoms with Crippen molar-refractivity contribution in [3.05, 3.63) is 58.8 Å². The van der Waals surface area contributed by atoms with Gasteiger partial charge in [-0.1, -0.05) is 12.1 Å². The van der Waals surface area contributed by atoms with Gasteiger partial charge in [0.25, 0.3) is 0 Å². The molecule has 2 aromatic carbocycles.